The Morgan fingerprint density at radius 2 is 2.35 bits per heavy atom. The van der Waals surface area contributed by atoms with Gasteiger partial charge in [0.1, 0.15) is 5.82 Å². The van der Waals surface area contributed by atoms with Crippen molar-refractivity contribution in [3.63, 3.8) is 0 Å². The van der Waals surface area contributed by atoms with Crippen LogP contribution in [0, 0.1) is 13.8 Å². The average Bonchev–Trinajstić information content (AvgIpc) is 2.85. The van der Waals surface area contributed by atoms with Crippen LogP contribution in [0.15, 0.2) is 17.5 Å². The number of aromatic nitrogens is 3. The molecule has 0 spiro atoms. The summed E-state index contributed by atoms with van der Waals surface area (Å²) in [4.78, 5) is 16.6. The predicted molar refractivity (Wildman–Crippen MR) is 67.8 cm³/mol. The Morgan fingerprint density at radius 3 is 2.94 bits per heavy atom. The smallest absolute Gasteiger partial charge is 0.250 e. The van der Waals surface area contributed by atoms with Gasteiger partial charge in [-0.2, -0.15) is 4.98 Å². The lowest BCUT2D eigenvalue weighted by Crippen LogP contribution is -2.09. The molecule has 0 saturated carbocycles. The fourth-order valence-corrected chi connectivity index (χ4v) is 2.08. The molecule has 2 aromatic rings. The van der Waals surface area contributed by atoms with Gasteiger partial charge in [0.15, 0.2) is 0 Å². The highest BCUT2D eigenvalue weighted by Gasteiger charge is 2.02. The third-order valence-corrected chi connectivity index (χ3v) is 3.10. The highest BCUT2D eigenvalue weighted by Crippen LogP contribution is 2.16. The molecule has 1 amide bonds. The quantitative estimate of drug-likeness (QED) is 0.817. The largest absolute Gasteiger partial charge is 0.290 e. The summed E-state index contributed by atoms with van der Waals surface area (Å²) in [6.07, 6.45) is 3.26. The molecule has 5 nitrogen and oxygen atoms in total. The molecule has 0 fully saturated rings. The summed E-state index contributed by atoms with van der Waals surface area (Å²) >= 11 is 1.60. The first-order valence-corrected chi connectivity index (χ1v) is 5.95. The molecule has 2 aromatic heterocycles. The van der Waals surface area contributed by atoms with E-state index in [1.54, 1.807) is 24.3 Å². The molecule has 0 aliphatic rings. The van der Waals surface area contributed by atoms with E-state index in [2.05, 4.69) is 20.5 Å². The summed E-state index contributed by atoms with van der Waals surface area (Å²) < 4.78 is 0. The summed E-state index contributed by atoms with van der Waals surface area (Å²) in [5.41, 5.74) is 1.16. The fraction of sp³-hybridized carbons (Fsp3) is 0.182. The molecule has 0 saturated heterocycles. The molecule has 0 bridgehead atoms. The number of thiophene rings is 1. The van der Waals surface area contributed by atoms with Crippen molar-refractivity contribution in [2.45, 2.75) is 13.8 Å². The first-order chi connectivity index (χ1) is 8.15. The minimum atomic E-state index is -0.239. The minimum Gasteiger partial charge on any atom is -0.290 e. The number of carbonyl (C=O) groups excluding carboxylic acids is 1. The highest BCUT2D eigenvalue weighted by molar-refractivity contribution is 7.11. The Kier molecular flexibility index (Phi) is 3.34. The van der Waals surface area contributed by atoms with Crippen LogP contribution >= 0.6 is 11.3 Å². The number of H-pyrrole nitrogens is 1. The number of nitrogens with zero attached hydrogens (tertiary/aromatic N) is 2. The molecule has 2 N–H and O–H groups in total. The molecular formula is C11H12N4OS. The van der Waals surface area contributed by atoms with E-state index < -0.39 is 0 Å². The van der Waals surface area contributed by atoms with E-state index in [-0.39, 0.29) is 5.91 Å². The monoisotopic (exact) mass is 248 g/mol. The maximum Gasteiger partial charge on any atom is 0.250 e. The van der Waals surface area contributed by atoms with Crippen LogP contribution in [0.2, 0.25) is 0 Å². The number of hydrogen-bond acceptors (Lipinski definition) is 4. The molecule has 0 aliphatic heterocycles. The summed E-state index contributed by atoms with van der Waals surface area (Å²) in [6.45, 7) is 3.78. The van der Waals surface area contributed by atoms with Gasteiger partial charge < -0.3 is 0 Å². The number of nitrogens with one attached hydrogen (secondary N) is 2. The summed E-state index contributed by atoms with van der Waals surface area (Å²) in [6, 6.07) is 2.01. The lowest BCUT2D eigenvalue weighted by Gasteiger charge is -1.94. The summed E-state index contributed by atoms with van der Waals surface area (Å²) in [5, 5.41) is 11.0. The van der Waals surface area contributed by atoms with E-state index in [1.807, 2.05) is 18.4 Å². The zero-order chi connectivity index (χ0) is 12.3. The topological polar surface area (TPSA) is 70.7 Å². The van der Waals surface area contributed by atoms with Crippen LogP contribution in [-0.4, -0.2) is 21.1 Å². The number of aromatic amines is 1. The second-order valence-electron chi connectivity index (χ2n) is 3.53. The van der Waals surface area contributed by atoms with E-state index in [0.717, 1.165) is 10.4 Å². The maximum absolute atomic E-state index is 11.5. The van der Waals surface area contributed by atoms with E-state index in [4.69, 9.17) is 0 Å². The van der Waals surface area contributed by atoms with Crippen molar-refractivity contribution >= 4 is 29.3 Å². The van der Waals surface area contributed by atoms with Crippen molar-refractivity contribution in [3.8, 4) is 0 Å². The average molecular weight is 248 g/mol. The number of rotatable bonds is 3. The van der Waals surface area contributed by atoms with Gasteiger partial charge in [-0.3, -0.25) is 15.2 Å². The van der Waals surface area contributed by atoms with Gasteiger partial charge in [-0.15, -0.1) is 16.4 Å². The van der Waals surface area contributed by atoms with Gasteiger partial charge in [0, 0.05) is 11.0 Å². The van der Waals surface area contributed by atoms with Crippen LogP contribution in [0.3, 0.4) is 0 Å². The van der Waals surface area contributed by atoms with Gasteiger partial charge in [-0.25, -0.2) is 0 Å². The van der Waals surface area contributed by atoms with E-state index in [0.29, 0.717) is 11.8 Å². The first-order valence-electron chi connectivity index (χ1n) is 5.07. The molecule has 2 heterocycles. The normalized spacial score (nSPS) is 10.9. The van der Waals surface area contributed by atoms with Crippen LogP contribution in [0.5, 0.6) is 0 Å². The van der Waals surface area contributed by atoms with Gasteiger partial charge in [0.25, 0.3) is 5.91 Å². The van der Waals surface area contributed by atoms with Gasteiger partial charge >= 0.3 is 0 Å². The number of hydrogen-bond donors (Lipinski definition) is 2. The molecule has 0 aromatic carbocycles. The number of aryl methyl sites for hydroxylation is 2. The van der Waals surface area contributed by atoms with Crippen molar-refractivity contribution in [3.05, 3.63) is 33.8 Å². The zero-order valence-electron chi connectivity index (χ0n) is 9.52. The third-order valence-electron chi connectivity index (χ3n) is 2.12. The van der Waals surface area contributed by atoms with Crippen LogP contribution in [-0.2, 0) is 4.79 Å². The van der Waals surface area contributed by atoms with Crippen molar-refractivity contribution in [2.24, 2.45) is 0 Å². The third kappa shape index (κ3) is 3.01. The number of amides is 1. The second-order valence-corrected chi connectivity index (χ2v) is 4.48. The first kappa shape index (κ1) is 11.5. The molecule has 0 radical (unpaired) electrons. The Labute approximate surface area is 103 Å². The predicted octanol–water partition coefficient (Wildman–Crippen LogP) is 2.13. The standard InChI is InChI=1S/C11H12N4OS/c1-7-5-6-17-9(7)3-4-10(16)13-11-12-8(2)14-15-11/h3-6H,1-2H3,(H2,12,13,14,15,16)/b4-3+. The van der Waals surface area contributed by atoms with Gasteiger partial charge in [-0.05, 0) is 36.9 Å². The van der Waals surface area contributed by atoms with Crippen LogP contribution < -0.4 is 5.32 Å². The zero-order valence-corrected chi connectivity index (χ0v) is 10.3. The Hall–Kier alpha value is -1.95. The molecule has 6 heteroatoms. The van der Waals surface area contributed by atoms with Crippen molar-refractivity contribution < 1.29 is 4.79 Å². The lowest BCUT2D eigenvalue weighted by atomic mass is 10.3. The van der Waals surface area contributed by atoms with Crippen molar-refractivity contribution in [1.82, 2.24) is 15.2 Å². The van der Waals surface area contributed by atoms with Crippen molar-refractivity contribution in [1.29, 1.82) is 0 Å². The fourth-order valence-electron chi connectivity index (χ4n) is 1.26. The molecule has 17 heavy (non-hydrogen) atoms. The Morgan fingerprint density at radius 1 is 1.53 bits per heavy atom. The Bertz CT molecular complexity index is 555. The lowest BCUT2D eigenvalue weighted by molar-refractivity contribution is -0.111. The summed E-state index contributed by atoms with van der Waals surface area (Å²) in [7, 11) is 0. The maximum atomic E-state index is 11.5. The molecule has 0 atom stereocenters. The van der Waals surface area contributed by atoms with E-state index in [1.165, 1.54) is 6.08 Å². The Balaban J connectivity index is 1.98. The second kappa shape index (κ2) is 4.92. The molecular weight excluding hydrogens is 236 g/mol. The number of carbonyl (C=O) groups is 1. The van der Waals surface area contributed by atoms with Crippen molar-refractivity contribution in [2.75, 3.05) is 5.32 Å². The minimum absolute atomic E-state index is 0.239. The summed E-state index contributed by atoms with van der Waals surface area (Å²) in [5.74, 6) is 0.718. The van der Waals surface area contributed by atoms with Gasteiger partial charge in [0.05, 0.1) is 0 Å². The molecule has 88 valence electrons. The van der Waals surface area contributed by atoms with Crippen LogP contribution in [0.4, 0.5) is 5.95 Å². The SMILES string of the molecule is Cc1nc(NC(=O)/C=C/c2sccc2C)n[nH]1. The van der Waals surface area contributed by atoms with Crippen LogP contribution in [0.25, 0.3) is 6.08 Å². The van der Waals surface area contributed by atoms with Crippen LogP contribution in [0.1, 0.15) is 16.3 Å². The van der Waals surface area contributed by atoms with Gasteiger partial charge in [0.2, 0.25) is 5.95 Å². The number of anilines is 1. The highest BCUT2D eigenvalue weighted by atomic mass is 32.1. The molecule has 2 rings (SSSR count). The molecule has 0 aliphatic carbocycles. The van der Waals surface area contributed by atoms with E-state index >= 15 is 0 Å². The molecule has 0 unspecified atom stereocenters. The van der Waals surface area contributed by atoms with Gasteiger partial charge in [-0.1, -0.05) is 0 Å². The van der Waals surface area contributed by atoms with E-state index in [9.17, 15) is 4.79 Å².